The first-order chi connectivity index (χ1) is 11.8. The third-order valence-corrected chi connectivity index (χ3v) is 3.48. The second kappa shape index (κ2) is 7.42. The molecule has 134 valence electrons. The molecule has 0 bridgehead atoms. The number of benzene rings is 1. The van der Waals surface area contributed by atoms with E-state index in [1.807, 2.05) is 0 Å². The van der Waals surface area contributed by atoms with Crippen molar-refractivity contribution in [2.45, 2.75) is 13.1 Å². The molecule has 1 aromatic carbocycles. The molecule has 8 heteroatoms. The maximum atomic E-state index is 12.4. The molecule has 0 aliphatic rings. The molecule has 0 amide bonds. The molecule has 5 nitrogen and oxygen atoms in total. The number of aldehydes is 1. The van der Waals surface area contributed by atoms with Crippen molar-refractivity contribution >= 4 is 6.29 Å². The Kier molecular flexibility index (Phi) is 5.51. The monoisotopic (exact) mass is 355 g/mol. The van der Waals surface area contributed by atoms with Gasteiger partial charge in [0.15, 0.2) is 24.4 Å². The Morgan fingerprint density at radius 2 is 1.80 bits per heavy atom. The summed E-state index contributed by atoms with van der Waals surface area (Å²) in [6, 6.07) is 4.47. The van der Waals surface area contributed by atoms with Gasteiger partial charge in [-0.1, -0.05) is 0 Å². The van der Waals surface area contributed by atoms with E-state index in [9.17, 15) is 18.0 Å². The first-order valence-electron chi connectivity index (χ1n) is 7.18. The second-order valence-corrected chi connectivity index (χ2v) is 5.07. The first kappa shape index (κ1) is 18.6. The molecule has 0 N–H and O–H groups in total. The van der Waals surface area contributed by atoms with E-state index in [-0.39, 0.29) is 22.8 Å². The van der Waals surface area contributed by atoms with Gasteiger partial charge in [0.05, 0.1) is 25.5 Å². The summed E-state index contributed by atoms with van der Waals surface area (Å²) < 4.78 is 52.6. The molecular weight excluding hydrogens is 339 g/mol. The number of pyridine rings is 1. The number of ether oxygens (including phenoxy) is 3. The summed E-state index contributed by atoms with van der Waals surface area (Å²) in [5, 5.41) is 0. The van der Waals surface area contributed by atoms with Crippen molar-refractivity contribution in [3.63, 3.8) is 0 Å². The number of hydrogen-bond acceptors (Lipinski definition) is 5. The molecule has 0 aliphatic heterocycles. The lowest BCUT2D eigenvalue weighted by Crippen LogP contribution is -2.19. The summed E-state index contributed by atoms with van der Waals surface area (Å²) >= 11 is 0. The fourth-order valence-corrected chi connectivity index (χ4v) is 2.38. The number of carbonyl (C=O) groups is 1. The summed E-state index contributed by atoms with van der Waals surface area (Å²) in [6.45, 7) is 0.190. The Hall–Kier alpha value is -2.77. The second-order valence-electron chi connectivity index (χ2n) is 5.07. The van der Waals surface area contributed by atoms with Crippen molar-refractivity contribution in [2.75, 3.05) is 20.8 Å². The molecule has 0 unspecified atom stereocenters. The van der Waals surface area contributed by atoms with Gasteiger partial charge < -0.3 is 14.2 Å². The van der Waals surface area contributed by atoms with Crippen LogP contribution in [0.1, 0.15) is 15.9 Å². The third kappa shape index (κ3) is 4.01. The normalized spacial score (nSPS) is 11.1. The van der Waals surface area contributed by atoms with Crippen molar-refractivity contribution in [3.05, 3.63) is 35.5 Å². The van der Waals surface area contributed by atoms with Crippen molar-refractivity contribution in [3.8, 4) is 28.5 Å². The molecule has 0 radical (unpaired) electrons. The maximum Gasteiger partial charge on any atom is 0.422 e. The van der Waals surface area contributed by atoms with E-state index in [4.69, 9.17) is 14.2 Å². The van der Waals surface area contributed by atoms with Gasteiger partial charge in [0.1, 0.15) is 5.75 Å². The highest BCUT2D eigenvalue weighted by Crippen LogP contribution is 2.41. The van der Waals surface area contributed by atoms with Crippen LogP contribution < -0.4 is 14.2 Å². The van der Waals surface area contributed by atoms with Crippen LogP contribution in [0.25, 0.3) is 11.3 Å². The van der Waals surface area contributed by atoms with Crippen molar-refractivity contribution < 1.29 is 32.2 Å². The van der Waals surface area contributed by atoms with E-state index in [0.717, 1.165) is 0 Å². The van der Waals surface area contributed by atoms with Gasteiger partial charge in [0.2, 0.25) is 0 Å². The number of carbonyl (C=O) groups excluding carboxylic acids is 1. The highest BCUT2D eigenvalue weighted by Gasteiger charge is 2.29. The maximum absolute atomic E-state index is 12.4. The summed E-state index contributed by atoms with van der Waals surface area (Å²) in [4.78, 5) is 15.3. The fraction of sp³-hybridized carbons (Fsp3) is 0.294. The van der Waals surface area contributed by atoms with Crippen LogP contribution in [0, 0.1) is 6.92 Å². The quantitative estimate of drug-likeness (QED) is 0.737. The summed E-state index contributed by atoms with van der Waals surface area (Å²) in [6.07, 6.45) is -2.48. The standard InChI is InChI=1S/C17H16F3NO4/c1-10-13(25-9-17(18,19)20)6-7-21-14(10)12-5-4-11(8-22)15(23-2)16(12)24-3/h4-8H,9H2,1-3H3. The van der Waals surface area contributed by atoms with Crippen molar-refractivity contribution in [2.24, 2.45) is 0 Å². The molecule has 2 rings (SSSR count). The molecule has 0 aliphatic carbocycles. The number of alkyl halides is 3. The average molecular weight is 355 g/mol. The molecule has 0 atom stereocenters. The lowest BCUT2D eigenvalue weighted by atomic mass is 10.0. The van der Waals surface area contributed by atoms with Crippen LogP contribution in [0.4, 0.5) is 13.2 Å². The summed E-state index contributed by atoms with van der Waals surface area (Å²) in [5.74, 6) is 0.538. The van der Waals surface area contributed by atoms with E-state index in [0.29, 0.717) is 23.1 Å². The molecule has 1 heterocycles. The molecule has 0 fully saturated rings. The molecular formula is C17H16F3NO4. The van der Waals surface area contributed by atoms with Crippen molar-refractivity contribution in [1.29, 1.82) is 0 Å². The SMILES string of the molecule is COc1c(C=O)ccc(-c2nccc(OCC(F)(F)F)c2C)c1OC. The topological polar surface area (TPSA) is 57.7 Å². The zero-order valence-corrected chi connectivity index (χ0v) is 13.8. The van der Waals surface area contributed by atoms with Crippen LogP contribution in [0.2, 0.25) is 0 Å². The Morgan fingerprint density at radius 3 is 2.36 bits per heavy atom. The molecule has 2 aromatic rings. The number of halogens is 3. The van der Waals surface area contributed by atoms with Crippen molar-refractivity contribution in [1.82, 2.24) is 4.98 Å². The predicted molar refractivity (Wildman–Crippen MR) is 84.5 cm³/mol. The largest absolute Gasteiger partial charge is 0.492 e. The fourth-order valence-electron chi connectivity index (χ4n) is 2.38. The molecule has 0 spiro atoms. The highest BCUT2D eigenvalue weighted by atomic mass is 19.4. The van der Waals surface area contributed by atoms with Crippen LogP contribution in [0.15, 0.2) is 24.4 Å². The molecule has 25 heavy (non-hydrogen) atoms. The minimum absolute atomic E-state index is 0.0582. The van der Waals surface area contributed by atoms with Gasteiger partial charge in [-0.05, 0) is 25.1 Å². The predicted octanol–water partition coefficient (Wildman–Crippen LogP) is 3.83. The van der Waals surface area contributed by atoms with E-state index in [1.165, 1.54) is 32.5 Å². The third-order valence-electron chi connectivity index (χ3n) is 3.48. The van der Waals surface area contributed by atoms with Gasteiger partial charge in [0, 0.05) is 17.3 Å². The Balaban J connectivity index is 2.54. The van der Waals surface area contributed by atoms with Gasteiger partial charge in [-0.15, -0.1) is 0 Å². The summed E-state index contributed by atoms with van der Waals surface area (Å²) in [5.41, 5.74) is 1.53. The Morgan fingerprint density at radius 1 is 1.12 bits per heavy atom. The minimum atomic E-state index is -4.44. The van der Waals surface area contributed by atoms with E-state index < -0.39 is 12.8 Å². The van der Waals surface area contributed by atoms with Crippen LogP contribution in [-0.2, 0) is 0 Å². The molecule has 0 saturated heterocycles. The van der Waals surface area contributed by atoms with Gasteiger partial charge in [-0.2, -0.15) is 13.2 Å². The van der Waals surface area contributed by atoms with E-state index in [1.54, 1.807) is 13.0 Å². The summed E-state index contributed by atoms with van der Waals surface area (Å²) in [7, 11) is 2.78. The number of hydrogen-bond donors (Lipinski definition) is 0. The van der Waals surface area contributed by atoms with E-state index in [2.05, 4.69) is 4.98 Å². The molecule has 0 saturated carbocycles. The van der Waals surface area contributed by atoms with Gasteiger partial charge in [-0.25, -0.2) is 0 Å². The highest BCUT2D eigenvalue weighted by molar-refractivity contribution is 5.86. The number of nitrogens with zero attached hydrogens (tertiary/aromatic N) is 1. The van der Waals surface area contributed by atoms with Crippen LogP contribution in [0.5, 0.6) is 17.2 Å². The number of methoxy groups -OCH3 is 2. The lowest BCUT2D eigenvalue weighted by molar-refractivity contribution is -0.153. The number of rotatable bonds is 6. The Labute approximate surface area is 142 Å². The Bertz CT molecular complexity index is 775. The smallest absolute Gasteiger partial charge is 0.422 e. The van der Waals surface area contributed by atoms with Gasteiger partial charge in [-0.3, -0.25) is 9.78 Å². The van der Waals surface area contributed by atoms with Gasteiger partial charge >= 0.3 is 6.18 Å². The lowest BCUT2D eigenvalue weighted by Gasteiger charge is -2.17. The average Bonchev–Trinajstić information content (AvgIpc) is 2.58. The van der Waals surface area contributed by atoms with Crippen LogP contribution >= 0.6 is 0 Å². The van der Waals surface area contributed by atoms with E-state index >= 15 is 0 Å². The molecule has 1 aromatic heterocycles. The zero-order valence-electron chi connectivity index (χ0n) is 13.8. The van der Waals surface area contributed by atoms with Gasteiger partial charge in [0.25, 0.3) is 0 Å². The number of aromatic nitrogens is 1. The first-order valence-corrected chi connectivity index (χ1v) is 7.18. The van der Waals surface area contributed by atoms with Crippen LogP contribution in [-0.4, -0.2) is 38.3 Å². The zero-order chi connectivity index (χ0) is 18.6. The minimum Gasteiger partial charge on any atom is -0.492 e. The van der Waals surface area contributed by atoms with Crippen LogP contribution in [0.3, 0.4) is 0 Å².